The number of esters is 1. The molecule has 1 fully saturated rings. The molecule has 2 aliphatic heterocycles. The summed E-state index contributed by atoms with van der Waals surface area (Å²) in [4.78, 5) is 15.9. The normalized spacial score (nSPS) is 28.4. The van der Waals surface area contributed by atoms with Crippen molar-refractivity contribution >= 4 is 53.7 Å². The molecule has 6 heteroatoms. The van der Waals surface area contributed by atoms with Crippen molar-refractivity contribution in [1.29, 1.82) is 0 Å². The van der Waals surface area contributed by atoms with Crippen LogP contribution in [0.3, 0.4) is 0 Å². The summed E-state index contributed by atoms with van der Waals surface area (Å²) in [5.41, 5.74) is 4.22. The van der Waals surface area contributed by atoms with Crippen LogP contribution in [0.2, 0.25) is 4.31 Å². The van der Waals surface area contributed by atoms with Gasteiger partial charge in [-0.2, -0.15) is 0 Å². The van der Waals surface area contributed by atoms with Gasteiger partial charge in [-0.3, -0.25) is 0 Å². The zero-order valence-corrected chi connectivity index (χ0v) is 22.9. The van der Waals surface area contributed by atoms with E-state index in [9.17, 15) is 4.79 Å². The second-order valence-corrected chi connectivity index (χ2v) is 12.8. The predicted octanol–water partition coefficient (Wildman–Crippen LogP) is 4.80. The molecule has 3 atom stereocenters. The Morgan fingerprint density at radius 1 is 1.24 bits per heavy atom. The van der Waals surface area contributed by atoms with Crippen molar-refractivity contribution in [3.8, 4) is 0 Å². The molecule has 0 bridgehead atoms. The van der Waals surface area contributed by atoms with Gasteiger partial charge in [0.05, 0.1) is 0 Å². The third-order valence-corrected chi connectivity index (χ3v) is 11.3. The molecule has 0 saturated carbocycles. The minimum absolute atomic E-state index is 0.0177. The Hall–Kier alpha value is -1.60. The number of likely N-dealkylation sites (tertiary alicyclic amines) is 1. The van der Waals surface area contributed by atoms with Gasteiger partial charge in [-0.15, -0.1) is 0 Å². The fraction of sp³-hybridized carbons (Fsp3) is 0.370. The molecule has 33 heavy (non-hydrogen) atoms. The summed E-state index contributed by atoms with van der Waals surface area (Å²) in [5.74, 6) is -0.185. The number of hydrogen-bond acceptors (Lipinski definition) is 4. The first-order valence-electron chi connectivity index (χ1n) is 11.5. The maximum atomic E-state index is 13.2. The topological polar surface area (TPSA) is 41.6 Å². The fourth-order valence-electron chi connectivity index (χ4n) is 6.29. The van der Waals surface area contributed by atoms with Crippen molar-refractivity contribution in [3.05, 3.63) is 81.6 Å². The molecule has 5 rings (SSSR count). The molecule has 0 radical (unpaired) electrons. The molecule has 1 spiro atoms. The Morgan fingerprint density at radius 2 is 2.00 bits per heavy atom. The molecule has 2 heterocycles. The summed E-state index contributed by atoms with van der Waals surface area (Å²) in [5, 5.41) is 3.71. The van der Waals surface area contributed by atoms with Crippen molar-refractivity contribution in [2.75, 3.05) is 25.5 Å². The first-order valence-corrected chi connectivity index (χ1v) is 14.5. The third-order valence-electron chi connectivity index (χ3n) is 7.54. The molecule has 1 N–H and O–H groups in total. The van der Waals surface area contributed by atoms with E-state index in [-0.39, 0.29) is 30.7 Å². The van der Waals surface area contributed by atoms with Crippen LogP contribution in [0, 0.1) is 0 Å². The van der Waals surface area contributed by atoms with Gasteiger partial charge in [-0.1, -0.05) is 0 Å². The first-order chi connectivity index (χ1) is 16.1. The maximum absolute atomic E-state index is 13.2. The number of fused-ring (bicyclic) bond motifs is 1. The molecule has 0 aromatic heterocycles. The van der Waals surface area contributed by atoms with Crippen molar-refractivity contribution < 1.29 is 9.53 Å². The number of nitrogens with one attached hydrogen (secondary N) is 1. The van der Waals surface area contributed by atoms with Gasteiger partial charge in [0.2, 0.25) is 0 Å². The van der Waals surface area contributed by atoms with Crippen LogP contribution in [0.1, 0.15) is 31.7 Å². The summed E-state index contributed by atoms with van der Waals surface area (Å²) in [7, 11) is 1.51. The average Bonchev–Trinajstić information content (AvgIpc) is 3.41. The van der Waals surface area contributed by atoms with E-state index in [1.54, 1.807) is 0 Å². The van der Waals surface area contributed by atoms with E-state index in [0.717, 1.165) is 49.3 Å². The standard InChI is InChI=1S/C27H29IN2O2Se/c1-3-26(33-19-10-5-4-6-11-19)18-20(24(31)32-2)23-27(21-12-7-8-13-22(21)29-23)14-17-30(25(26)27)16-9-15-28/h4-13,15,25,29H,3,14,16-18H2,1-2H3/b15-9-/t25-,26-,27-/m0/s1. The molecule has 2 aromatic carbocycles. The van der Waals surface area contributed by atoms with Crippen LogP contribution in [-0.4, -0.2) is 52.1 Å². The Bertz CT molecular complexity index is 1120. The zero-order chi connectivity index (χ0) is 23.1. The van der Waals surface area contributed by atoms with Crippen molar-refractivity contribution in [2.45, 2.75) is 42.0 Å². The van der Waals surface area contributed by atoms with Crippen LogP contribution in [0.5, 0.6) is 0 Å². The van der Waals surface area contributed by atoms with Crippen LogP contribution in [0.25, 0.3) is 0 Å². The van der Waals surface area contributed by atoms with E-state index in [4.69, 9.17) is 4.74 Å². The quantitative estimate of drug-likeness (QED) is 0.287. The van der Waals surface area contributed by atoms with Crippen molar-refractivity contribution in [3.63, 3.8) is 0 Å². The summed E-state index contributed by atoms with van der Waals surface area (Å²) in [6.45, 7) is 4.27. The molecule has 4 nitrogen and oxygen atoms in total. The number of hydrogen-bond donors (Lipinski definition) is 1. The second kappa shape index (κ2) is 9.21. The molecular formula is C27H29IN2O2Se. The van der Waals surface area contributed by atoms with Gasteiger partial charge in [0, 0.05) is 0 Å². The van der Waals surface area contributed by atoms with Crippen LogP contribution in [0.4, 0.5) is 5.69 Å². The summed E-state index contributed by atoms with van der Waals surface area (Å²) in [6.07, 6.45) is 5.05. The van der Waals surface area contributed by atoms with E-state index >= 15 is 0 Å². The van der Waals surface area contributed by atoms with Crippen LogP contribution in [0.15, 0.2) is 76.0 Å². The third kappa shape index (κ3) is 3.61. The number of methoxy groups -OCH3 is 1. The van der Waals surface area contributed by atoms with Crippen LogP contribution < -0.4 is 9.78 Å². The number of rotatable bonds is 6. The Kier molecular flexibility index (Phi) is 6.47. The molecule has 1 aliphatic carbocycles. The minimum atomic E-state index is -0.204. The van der Waals surface area contributed by atoms with Gasteiger partial charge in [0.1, 0.15) is 0 Å². The Labute approximate surface area is 216 Å². The van der Waals surface area contributed by atoms with E-state index < -0.39 is 0 Å². The predicted molar refractivity (Wildman–Crippen MR) is 143 cm³/mol. The first kappa shape index (κ1) is 23.2. The number of ether oxygens (including phenoxy) is 1. The molecule has 2 aromatic rings. The number of halogens is 1. The molecule has 172 valence electrons. The van der Waals surface area contributed by atoms with Gasteiger partial charge in [0.15, 0.2) is 0 Å². The van der Waals surface area contributed by atoms with Gasteiger partial charge in [-0.25, -0.2) is 0 Å². The summed E-state index contributed by atoms with van der Waals surface area (Å²) in [6, 6.07) is 19.9. The zero-order valence-electron chi connectivity index (χ0n) is 19.0. The summed E-state index contributed by atoms with van der Waals surface area (Å²) >= 11 is 2.51. The van der Waals surface area contributed by atoms with Gasteiger partial charge >= 0.3 is 217 Å². The second-order valence-electron chi connectivity index (χ2n) is 9.01. The van der Waals surface area contributed by atoms with E-state index in [1.165, 1.54) is 17.1 Å². The van der Waals surface area contributed by atoms with Crippen molar-refractivity contribution in [1.82, 2.24) is 4.90 Å². The fourth-order valence-corrected chi connectivity index (χ4v) is 9.84. The number of anilines is 1. The molecule has 0 unspecified atom stereocenters. The van der Waals surface area contributed by atoms with Crippen LogP contribution in [-0.2, 0) is 14.9 Å². The molecular weight excluding hydrogens is 590 g/mol. The van der Waals surface area contributed by atoms with Gasteiger partial charge in [0.25, 0.3) is 0 Å². The van der Waals surface area contributed by atoms with Crippen LogP contribution >= 0.6 is 22.6 Å². The van der Waals surface area contributed by atoms with Crippen molar-refractivity contribution in [2.24, 2.45) is 0 Å². The number of carbonyl (C=O) groups excluding carboxylic acids is 1. The average molecular weight is 619 g/mol. The van der Waals surface area contributed by atoms with Gasteiger partial charge in [-0.05, 0) is 0 Å². The van der Waals surface area contributed by atoms with Gasteiger partial charge < -0.3 is 0 Å². The molecule has 1 saturated heterocycles. The monoisotopic (exact) mass is 620 g/mol. The van der Waals surface area contributed by atoms with E-state index in [1.807, 2.05) is 0 Å². The number of benzene rings is 2. The summed E-state index contributed by atoms with van der Waals surface area (Å²) < 4.78 is 8.87. The Balaban J connectivity index is 1.75. The number of carbonyl (C=O) groups is 1. The number of nitrogens with zero attached hydrogens (tertiary/aromatic N) is 1. The Morgan fingerprint density at radius 3 is 2.73 bits per heavy atom. The van der Waals surface area contributed by atoms with E-state index in [0.29, 0.717) is 6.04 Å². The molecule has 0 amide bonds. The SMILES string of the molecule is CC[C@]1([Se]c2ccccc2)CC(C(=O)OC)=C2Nc3ccccc3[C@@]23CCN(C/C=C\I)[C@@H]13. The number of para-hydroxylation sites is 1. The van der Waals surface area contributed by atoms with E-state index in [2.05, 4.69) is 104 Å². The molecule has 3 aliphatic rings.